The monoisotopic (exact) mass is 790 g/mol. The first-order valence-electron chi connectivity index (χ1n) is 21.3. The molecule has 0 saturated carbocycles. The molecule has 4 heteroatoms. The maximum atomic E-state index is 2.47. The average molecular weight is 791 g/mol. The maximum Gasteiger partial charge on any atom is 0.0562 e. The fourth-order valence-electron chi connectivity index (χ4n) is 10.0. The van der Waals surface area contributed by atoms with Gasteiger partial charge in [0.15, 0.2) is 0 Å². The number of rotatable bonds is 4. The van der Waals surface area contributed by atoms with E-state index in [-0.39, 0.29) is 0 Å². The summed E-state index contributed by atoms with van der Waals surface area (Å²) in [6, 6.07) is 84.5. The fraction of sp³-hybridized carbons (Fsp3) is 0. The van der Waals surface area contributed by atoms with Gasteiger partial charge >= 0.3 is 0 Å². The van der Waals surface area contributed by atoms with E-state index in [1.54, 1.807) is 0 Å². The molecule has 13 aromatic rings. The summed E-state index contributed by atoms with van der Waals surface area (Å²) in [5.74, 6) is 0. The van der Waals surface area contributed by atoms with Crippen molar-refractivity contribution < 1.29 is 0 Å². The first-order chi connectivity index (χ1) is 30.7. The lowest BCUT2D eigenvalue weighted by atomic mass is 10.1. The Hall–Kier alpha value is -8.34. The minimum Gasteiger partial charge on any atom is -0.310 e. The zero-order valence-electron chi connectivity index (χ0n) is 33.7. The largest absolute Gasteiger partial charge is 0.310 e. The van der Waals surface area contributed by atoms with Crippen molar-refractivity contribution in [3.63, 3.8) is 0 Å². The van der Waals surface area contributed by atoms with Crippen molar-refractivity contribution in [3.8, 4) is 22.7 Å². The third-order valence-corrected chi connectivity index (χ3v) is 12.7. The second-order valence-corrected chi connectivity index (χ2v) is 16.2. The number of hydrogen-bond donors (Lipinski definition) is 0. The molecule has 3 heterocycles. The Bertz CT molecular complexity index is 3970. The Morgan fingerprint density at radius 3 is 1.40 bits per heavy atom. The lowest BCUT2D eigenvalue weighted by molar-refractivity contribution is 1.16. The van der Waals surface area contributed by atoms with E-state index in [2.05, 4.69) is 249 Å². The van der Waals surface area contributed by atoms with E-state index in [0.29, 0.717) is 0 Å². The number of hydrogen-bond acceptors (Lipinski definition) is 0. The summed E-state index contributed by atoms with van der Waals surface area (Å²) in [5.41, 5.74) is 13.6. The van der Waals surface area contributed by atoms with Crippen LogP contribution >= 0.6 is 0 Å². The van der Waals surface area contributed by atoms with Crippen molar-refractivity contribution in [1.82, 2.24) is 18.3 Å². The minimum absolute atomic E-state index is 1.09. The molecule has 0 atom stereocenters. The van der Waals surface area contributed by atoms with Crippen LogP contribution in [-0.2, 0) is 0 Å². The van der Waals surface area contributed by atoms with E-state index >= 15 is 0 Å². The van der Waals surface area contributed by atoms with Crippen LogP contribution in [0, 0.1) is 0 Å². The molecule has 0 saturated heterocycles. The molecule has 0 radical (unpaired) electrons. The van der Waals surface area contributed by atoms with Crippen LogP contribution in [0.25, 0.3) is 110 Å². The van der Waals surface area contributed by atoms with Crippen molar-refractivity contribution in [2.45, 2.75) is 0 Å². The van der Waals surface area contributed by atoms with Gasteiger partial charge in [0, 0.05) is 60.7 Å². The van der Waals surface area contributed by atoms with Gasteiger partial charge in [0.1, 0.15) is 0 Å². The van der Waals surface area contributed by atoms with E-state index in [9.17, 15) is 0 Å². The van der Waals surface area contributed by atoms with E-state index in [4.69, 9.17) is 0 Å². The normalized spacial score (nSPS) is 11.9. The Balaban J connectivity index is 1.22. The SMILES string of the molecule is c1ccc(-n2c3ccc4cc3c3cc(ccc32)n(-c2cccc3c2c2ccccc2n3-c2ccccc2)c2cccc(c2)c2cccc(c2)n4-c2ccc3ccccc3c2)cc1. The molecular weight excluding hydrogens is 753 g/mol. The van der Waals surface area contributed by atoms with Crippen LogP contribution in [0.1, 0.15) is 0 Å². The number of benzene rings is 10. The Morgan fingerprint density at radius 1 is 0.226 bits per heavy atom. The van der Waals surface area contributed by atoms with Gasteiger partial charge in [-0.25, -0.2) is 0 Å². The Kier molecular flexibility index (Phi) is 7.57. The molecule has 0 fully saturated rings. The third-order valence-electron chi connectivity index (χ3n) is 12.7. The van der Waals surface area contributed by atoms with Gasteiger partial charge in [-0.05, 0) is 137 Å². The predicted molar refractivity (Wildman–Crippen MR) is 261 cm³/mol. The predicted octanol–water partition coefficient (Wildman–Crippen LogP) is 15.2. The van der Waals surface area contributed by atoms with Crippen LogP contribution in [0.5, 0.6) is 0 Å². The lowest BCUT2D eigenvalue weighted by Crippen LogP contribution is -1.99. The summed E-state index contributed by atoms with van der Waals surface area (Å²) in [6.07, 6.45) is 0. The van der Waals surface area contributed by atoms with Crippen LogP contribution in [0.15, 0.2) is 231 Å². The molecule has 0 aliphatic heterocycles. The van der Waals surface area contributed by atoms with Gasteiger partial charge in [0.25, 0.3) is 0 Å². The van der Waals surface area contributed by atoms with Gasteiger partial charge in [-0.1, -0.05) is 115 Å². The van der Waals surface area contributed by atoms with E-state index in [1.165, 1.54) is 43.4 Å². The summed E-state index contributed by atoms with van der Waals surface area (Å²) < 4.78 is 9.70. The van der Waals surface area contributed by atoms with Gasteiger partial charge in [-0.2, -0.15) is 0 Å². The van der Waals surface area contributed by atoms with Gasteiger partial charge < -0.3 is 18.3 Å². The highest BCUT2D eigenvalue weighted by Crippen LogP contribution is 2.39. The number of para-hydroxylation sites is 3. The molecule has 62 heavy (non-hydrogen) atoms. The topological polar surface area (TPSA) is 19.7 Å². The maximum absolute atomic E-state index is 2.47. The minimum atomic E-state index is 1.09. The third kappa shape index (κ3) is 5.27. The van der Waals surface area contributed by atoms with Crippen molar-refractivity contribution in [2.24, 2.45) is 0 Å². The number of fused-ring (bicyclic) bond motifs is 11. The number of aromatic nitrogens is 4. The average Bonchev–Trinajstić information content (AvgIpc) is 3.85. The molecule has 0 unspecified atom stereocenters. The zero-order valence-corrected chi connectivity index (χ0v) is 33.7. The molecule has 10 aromatic carbocycles. The van der Waals surface area contributed by atoms with Crippen molar-refractivity contribution >= 4 is 87.2 Å². The van der Waals surface area contributed by atoms with Gasteiger partial charge in [0.05, 0.1) is 27.8 Å². The van der Waals surface area contributed by atoms with Crippen molar-refractivity contribution in [3.05, 3.63) is 231 Å². The van der Waals surface area contributed by atoms with Gasteiger partial charge in [-0.15, -0.1) is 0 Å². The van der Waals surface area contributed by atoms with Crippen LogP contribution in [0.3, 0.4) is 0 Å². The fourth-order valence-corrected chi connectivity index (χ4v) is 10.0. The van der Waals surface area contributed by atoms with Gasteiger partial charge in [-0.3, -0.25) is 0 Å². The molecule has 0 aliphatic carbocycles. The molecule has 0 aliphatic rings. The van der Waals surface area contributed by atoms with Crippen LogP contribution < -0.4 is 0 Å². The molecular formula is C58H38N4. The summed E-state index contributed by atoms with van der Waals surface area (Å²) in [6.45, 7) is 0. The molecule has 4 nitrogen and oxygen atoms in total. The summed E-state index contributed by atoms with van der Waals surface area (Å²) in [5, 5.41) is 9.53. The molecule has 0 amide bonds. The standard InChI is InChI=1S/C58H38N4/c1-3-18-43(19-4-1)61-54-32-30-48-37-51(54)52-38-49(31-33-55(52)61)60(56-26-13-27-57-58(56)50-24-9-10-25-53(50)62(57)44-20-5-2-6-21-44)46-23-12-17-42(36-46)41-16-11-22-45(35-41)59(48)47-29-28-39-14-7-8-15-40(39)34-47/h1-38H. The van der Waals surface area contributed by atoms with E-state index in [0.717, 1.165) is 66.6 Å². The molecule has 3 aromatic heterocycles. The molecule has 0 N–H and O–H groups in total. The second-order valence-electron chi connectivity index (χ2n) is 16.2. The van der Waals surface area contributed by atoms with Crippen molar-refractivity contribution in [1.29, 1.82) is 0 Å². The van der Waals surface area contributed by atoms with Crippen LogP contribution in [0.2, 0.25) is 0 Å². The number of nitrogens with zero attached hydrogens (tertiary/aromatic N) is 4. The molecule has 290 valence electrons. The highest BCUT2D eigenvalue weighted by molar-refractivity contribution is 6.15. The van der Waals surface area contributed by atoms with Crippen LogP contribution in [0.4, 0.5) is 0 Å². The quantitative estimate of drug-likeness (QED) is 0.169. The Labute approximate surface area is 357 Å². The summed E-state index contributed by atoms with van der Waals surface area (Å²) in [7, 11) is 0. The summed E-state index contributed by atoms with van der Waals surface area (Å²) in [4.78, 5) is 0. The molecule has 13 rings (SSSR count). The molecule has 0 spiro atoms. The first-order valence-corrected chi connectivity index (χ1v) is 21.3. The second kappa shape index (κ2) is 13.6. The highest BCUT2D eigenvalue weighted by atomic mass is 15.0. The molecule has 8 bridgehead atoms. The smallest absolute Gasteiger partial charge is 0.0562 e. The zero-order chi connectivity index (χ0) is 40.7. The Morgan fingerprint density at radius 2 is 0.710 bits per heavy atom. The van der Waals surface area contributed by atoms with E-state index < -0.39 is 0 Å². The van der Waals surface area contributed by atoms with Gasteiger partial charge in [0.2, 0.25) is 0 Å². The first kappa shape index (κ1) is 34.5. The van der Waals surface area contributed by atoms with E-state index in [1.807, 2.05) is 0 Å². The van der Waals surface area contributed by atoms with Crippen LogP contribution in [-0.4, -0.2) is 18.3 Å². The van der Waals surface area contributed by atoms with Crippen molar-refractivity contribution in [2.75, 3.05) is 0 Å². The summed E-state index contributed by atoms with van der Waals surface area (Å²) >= 11 is 0. The lowest BCUT2D eigenvalue weighted by Gasteiger charge is -2.15. The highest BCUT2D eigenvalue weighted by Gasteiger charge is 2.19.